The van der Waals surface area contributed by atoms with Crippen LogP contribution in [0.25, 0.3) is 11.4 Å². The van der Waals surface area contributed by atoms with Crippen LogP contribution in [0.3, 0.4) is 0 Å². The smallest absolute Gasteiger partial charge is 0.240 e. The van der Waals surface area contributed by atoms with E-state index in [1.807, 2.05) is 23.9 Å². The van der Waals surface area contributed by atoms with E-state index in [0.717, 1.165) is 5.56 Å². The summed E-state index contributed by atoms with van der Waals surface area (Å²) in [6.45, 7) is 0.284. The Balaban J connectivity index is 1.91. The third-order valence-electron chi connectivity index (χ3n) is 2.90. The fourth-order valence-electron chi connectivity index (χ4n) is 1.81. The van der Waals surface area contributed by atoms with Gasteiger partial charge in [0.15, 0.2) is 0 Å². The second kappa shape index (κ2) is 4.50. The predicted octanol–water partition coefficient (Wildman–Crippen LogP) is 2.03. The number of nitrogens with zero attached hydrogens (tertiary/aromatic N) is 2. The summed E-state index contributed by atoms with van der Waals surface area (Å²) in [5.41, 5.74) is 7.82. The Labute approximate surface area is 104 Å². The molecular formula is C12H13N3OS. The lowest BCUT2D eigenvalue weighted by atomic mass is 10.00. The first-order valence-corrected chi connectivity index (χ1v) is 6.73. The second-order valence-electron chi connectivity index (χ2n) is 4.08. The maximum atomic E-state index is 5.45. The van der Waals surface area contributed by atoms with E-state index in [1.54, 1.807) is 0 Å². The largest absolute Gasteiger partial charge is 0.338 e. The Morgan fingerprint density at radius 3 is 2.94 bits per heavy atom. The molecule has 2 heterocycles. The van der Waals surface area contributed by atoms with E-state index in [9.17, 15) is 0 Å². The number of nitrogens with two attached hydrogens (primary N) is 1. The van der Waals surface area contributed by atoms with Crippen LogP contribution in [0, 0.1) is 0 Å². The molecule has 2 aromatic rings. The molecule has 1 saturated heterocycles. The molecule has 1 aliphatic heterocycles. The molecule has 88 valence electrons. The van der Waals surface area contributed by atoms with E-state index in [-0.39, 0.29) is 6.54 Å². The SMILES string of the molecule is NCc1nc(-c2cccc(C3CSC3)c2)no1. The Kier molecular flexibility index (Phi) is 2.86. The third-order valence-corrected chi connectivity index (χ3v) is 4.17. The van der Waals surface area contributed by atoms with Crippen molar-refractivity contribution < 1.29 is 4.52 Å². The molecule has 0 aliphatic carbocycles. The molecule has 0 saturated carbocycles. The summed E-state index contributed by atoms with van der Waals surface area (Å²) in [6.07, 6.45) is 0. The van der Waals surface area contributed by atoms with Gasteiger partial charge in [0.2, 0.25) is 11.7 Å². The molecule has 1 fully saturated rings. The predicted molar refractivity (Wildman–Crippen MR) is 67.7 cm³/mol. The number of thioether (sulfide) groups is 1. The van der Waals surface area contributed by atoms with Gasteiger partial charge in [-0.25, -0.2) is 0 Å². The van der Waals surface area contributed by atoms with Gasteiger partial charge in [0, 0.05) is 23.0 Å². The van der Waals surface area contributed by atoms with Crippen molar-refractivity contribution >= 4 is 11.8 Å². The summed E-state index contributed by atoms with van der Waals surface area (Å²) in [7, 11) is 0. The summed E-state index contributed by atoms with van der Waals surface area (Å²) < 4.78 is 5.02. The molecule has 0 radical (unpaired) electrons. The Hall–Kier alpha value is -1.33. The van der Waals surface area contributed by atoms with Crippen molar-refractivity contribution in [3.63, 3.8) is 0 Å². The molecule has 0 unspecified atom stereocenters. The molecule has 1 aromatic heterocycles. The molecule has 4 nitrogen and oxygen atoms in total. The molecule has 0 atom stereocenters. The van der Waals surface area contributed by atoms with E-state index in [0.29, 0.717) is 17.6 Å². The zero-order valence-electron chi connectivity index (χ0n) is 9.30. The van der Waals surface area contributed by atoms with Crippen LogP contribution in [0.2, 0.25) is 0 Å². The van der Waals surface area contributed by atoms with Crippen molar-refractivity contribution in [2.75, 3.05) is 11.5 Å². The first-order chi connectivity index (χ1) is 8.36. The Morgan fingerprint density at radius 2 is 2.29 bits per heavy atom. The minimum absolute atomic E-state index is 0.284. The van der Waals surface area contributed by atoms with Crippen LogP contribution in [0.1, 0.15) is 17.4 Å². The second-order valence-corrected chi connectivity index (χ2v) is 5.15. The molecule has 2 N–H and O–H groups in total. The van der Waals surface area contributed by atoms with Gasteiger partial charge in [-0.05, 0) is 11.6 Å². The average molecular weight is 247 g/mol. The number of aromatic nitrogens is 2. The first-order valence-electron chi connectivity index (χ1n) is 5.57. The molecule has 1 aromatic carbocycles. The van der Waals surface area contributed by atoms with Gasteiger partial charge in [0.25, 0.3) is 0 Å². The maximum absolute atomic E-state index is 5.45. The van der Waals surface area contributed by atoms with Gasteiger partial charge in [0.05, 0.1) is 6.54 Å². The van der Waals surface area contributed by atoms with E-state index in [1.165, 1.54) is 17.1 Å². The molecule has 17 heavy (non-hydrogen) atoms. The molecule has 1 aliphatic rings. The van der Waals surface area contributed by atoms with Gasteiger partial charge in [-0.2, -0.15) is 16.7 Å². The van der Waals surface area contributed by atoms with Crippen LogP contribution in [-0.2, 0) is 6.54 Å². The number of hydrogen-bond acceptors (Lipinski definition) is 5. The lowest BCUT2D eigenvalue weighted by Gasteiger charge is -2.25. The fourth-order valence-corrected chi connectivity index (χ4v) is 2.67. The van der Waals surface area contributed by atoms with Gasteiger partial charge in [0.1, 0.15) is 0 Å². The van der Waals surface area contributed by atoms with Crippen LogP contribution in [0.5, 0.6) is 0 Å². The number of rotatable bonds is 3. The normalized spacial score (nSPS) is 15.8. The van der Waals surface area contributed by atoms with Crippen molar-refractivity contribution in [3.8, 4) is 11.4 Å². The van der Waals surface area contributed by atoms with Crippen LogP contribution in [-0.4, -0.2) is 21.6 Å². The van der Waals surface area contributed by atoms with Crippen LogP contribution < -0.4 is 5.73 Å². The minimum Gasteiger partial charge on any atom is -0.338 e. The highest BCUT2D eigenvalue weighted by molar-refractivity contribution is 8.00. The molecule has 5 heteroatoms. The molecule has 0 amide bonds. The van der Waals surface area contributed by atoms with Crippen LogP contribution >= 0.6 is 11.8 Å². The highest BCUT2D eigenvalue weighted by Crippen LogP contribution is 2.35. The minimum atomic E-state index is 0.284. The zero-order chi connectivity index (χ0) is 11.7. The lowest BCUT2D eigenvalue weighted by Crippen LogP contribution is -2.15. The van der Waals surface area contributed by atoms with E-state index in [2.05, 4.69) is 22.3 Å². The van der Waals surface area contributed by atoms with Gasteiger partial charge in [-0.1, -0.05) is 23.4 Å². The van der Waals surface area contributed by atoms with Crippen molar-refractivity contribution in [1.29, 1.82) is 0 Å². The monoisotopic (exact) mass is 247 g/mol. The van der Waals surface area contributed by atoms with E-state index in [4.69, 9.17) is 10.3 Å². The number of benzene rings is 1. The quantitative estimate of drug-likeness (QED) is 0.899. The topological polar surface area (TPSA) is 64.9 Å². The van der Waals surface area contributed by atoms with Gasteiger partial charge in [-0.3, -0.25) is 0 Å². The van der Waals surface area contributed by atoms with Gasteiger partial charge >= 0.3 is 0 Å². The van der Waals surface area contributed by atoms with Crippen LogP contribution in [0.4, 0.5) is 0 Å². The Bertz CT molecular complexity index is 522. The van der Waals surface area contributed by atoms with E-state index < -0.39 is 0 Å². The van der Waals surface area contributed by atoms with Crippen LogP contribution in [0.15, 0.2) is 28.8 Å². The summed E-state index contributed by atoms with van der Waals surface area (Å²) in [6, 6.07) is 8.36. The average Bonchev–Trinajstić information content (AvgIpc) is 2.75. The lowest BCUT2D eigenvalue weighted by molar-refractivity contribution is 0.380. The fraction of sp³-hybridized carbons (Fsp3) is 0.333. The standard InChI is InChI=1S/C12H13N3OS/c13-5-11-14-12(15-16-11)9-3-1-2-8(4-9)10-6-17-7-10/h1-4,10H,5-7,13H2. The van der Waals surface area contributed by atoms with E-state index >= 15 is 0 Å². The molecule has 0 bridgehead atoms. The molecule has 0 spiro atoms. The summed E-state index contributed by atoms with van der Waals surface area (Å²) in [4.78, 5) is 4.24. The summed E-state index contributed by atoms with van der Waals surface area (Å²) in [5.74, 6) is 4.21. The summed E-state index contributed by atoms with van der Waals surface area (Å²) in [5, 5.41) is 3.93. The zero-order valence-corrected chi connectivity index (χ0v) is 10.1. The van der Waals surface area contributed by atoms with Gasteiger partial charge < -0.3 is 10.3 Å². The van der Waals surface area contributed by atoms with Crippen molar-refractivity contribution in [1.82, 2.24) is 10.1 Å². The third kappa shape index (κ3) is 2.08. The first kappa shape index (κ1) is 10.8. The Morgan fingerprint density at radius 1 is 1.41 bits per heavy atom. The van der Waals surface area contributed by atoms with Crippen molar-refractivity contribution in [2.45, 2.75) is 12.5 Å². The van der Waals surface area contributed by atoms with Crippen molar-refractivity contribution in [3.05, 3.63) is 35.7 Å². The summed E-state index contributed by atoms with van der Waals surface area (Å²) >= 11 is 1.98. The highest BCUT2D eigenvalue weighted by atomic mass is 32.2. The van der Waals surface area contributed by atoms with Gasteiger partial charge in [-0.15, -0.1) is 0 Å². The van der Waals surface area contributed by atoms with Crippen molar-refractivity contribution in [2.24, 2.45) is 5.73 Å². The molecular weight excluding hydrogens is 234 g/mol. The maximum Gasteiger partial charge on any atom is 0.240 e. The highest BCUT2D eigenvalue weighted by Gasteiger charge is 2.20. The number of hydrogen-bond donors (Lipinski definition) is 1. The molecule has 3 rings (SSSR count).